The van der Waals surface area contributed by atoms with Crippen LogP contribution in [0.3, 0.4) is 0 Å². The predicted octanol–water partition coefficient (Wildman–Crippen LogP) is 2.78. The molecule has 0 saturated carbocycles. The van der Waals surface area contributed by atoms with Gasteiger partial charge in [-0.1, -0.05) is 17.7 Å². The van der Waals surface area contributed by atoms with Gasteiger partial charge >= 0.3 is 0 Å². The molecule has 1 heterocycles. The van der Waals surface area contributed by atoms with Crippen molar-refractivity contribution in [2.24, 2.45) is 0 Å². The molecule has 1 amide bonds. The van der Waals surface area contributed by atoms with E-state index in [0.717, 1.165) is 0 Å². The number of sulfonamides is 1. The third kappa shape index (κ3) is 5.34. The van der Waals surface area contributed by atoms with Crippen LogP contribution in [0.25, 0.3) is 0 Å². The quantitative estimate of drug-likeness (QED) is 0.422. The van der Waals surface area contributed by atoms with Crippen LogP contribution in [0.5, 0.6) is 5.75 Å². The Labute approximate surface area is 184 Å². The summed E-state index contributed by atoms with van der Waals surface area (Å²) in [5.74, 6) is -0.996. The number of nitrogens with one attached hydrogen (secondary N) is 2. The number of halogens is 2. The van der Waals surface area contributed by atoms with E-state index in [2.05, 4.69) is 4.72 Å². The molecule has 1 unspecified atom stereocenters. The lowest BCUT2D eigenvalue weighted by Crippen LogP contribution is -2.59. The predicted molar refractivity (Wildman–Crippen MR) is 110 cm³/mol. The highest BCUT2D eigenvalue weighted by Crippen LogP contribution is 2.34. The molecule has 2 aromatic carbocycles. The first kappa shape index (κ1) is 23.4. The minimum absolute atomic E-state index is 0.0330. The smallest absolute Gasteiger partial charge is 0.267 e. The summed E-state index contributed by atoms with van der Waals surface area (Å²) < 4.78 is 52.3. The lowest BCUT2D eigenvalue weighted by atomic mass is 9.91. The number of ether oxygens (including phenoxy) is 2. The fraction of sp³-hybridized carbons (Fsp3) is 0.350. The van der Waals surface area contributed by atoms with Gasteiger partial charge in [-0.2, -0.15) is 4.72 Å². The number of hydrogen-bond acceptors (Lipinski definition) is 6. The van der Waals surface area contributed by atoms with Crippen molar-refractivity contribution in [3.05, 3.63) is 58.9 Å². The molecule has 0 spiro atoms. The van der Waals surface area contributed by atoms with Crippen molar-refractivity contribution < 1.29 is 32.3 Å². The van der Waals surface area contributed by atoms with Gasteiger partial charge in [0.2, 0.25) is 10.0 Å². The first-order chi connectivity index (χ1) is 14.5. The maximum atomic E-state index is 13.1. The molecule has 1 aliphatic heterocycles. The molecule has 0 aliphatic carbocycles. The molecule has 1 aliphatic rings. The monoisotopic (exact) mass is 472 g/mol. The molecule has 1 fully saturated rings. The number of benzene rings is 2. The Morgan fingerprint density at radius 1 is 1.26 bits per heavy atom. The van der Waals surface area contributed by atoms with E-state index in [-0.39, 0.29) is 29.6 Å². The van der Waals surface area contributed by atoms with E-state index in [1.165, 1.54) is 47.9 Å². The van der Waals surface area contributed by atoms with Crippen molar-refractivity contribution in [1.29, 1.82) is 0 Å². The van der Waals surface area contributed by atoms with Gasteiger partial charge in [-0.15, -0.1) is 0 Å². The van der Waals surface area contributed by atoms with Crippen molar-refractivity contribution in [3.8, 4) is 5.75 Å². The van der Waals surface area contributed by atoms with E-state index in [0.29, 0.717) is 11.3 Å². The highest BCUT2D eigenvalue weighted by Gasteiger charge is 2.52. The fourth-order valence-corrected chi connectivity index (χ4v) is 4.92. The number of hydroxylamine groups is 1. The summed E-state index contributed by atoms with van der Waals surface area (Å²) in [7, 11) is -4.12. The molecule has 3 rings (SSSR count). The van der Waals surface area contributed by atoms with E-state index in [1.54, 1.807) is 13.8 Å². The zero-order valence-electron chi connectivity index (χ0n) is 16.8. The van der Waals surface area contributed by atoms with E-state index in [1.807, 2.05) is 0 Å². The highest BCUT2D eigenvalue weighted by molar-refractivity contribution is 7.89. The Hall–Kier alpha value is -2.24. The SMILES string of the molecule is CC1(C)CC(NS(=O)(=O)c2ccc(OCc3ccc(F)cc3Cl)cc2)(C(=O)NO)CO1. The van der Waals surface area contributed by atoms with Crippen LogP contribution in [0.2, 0.25) is 5.02 Å². The first-order valence-corrected chi connectivity index (χ1v) is 11.1. The van der Waals surface area contributed by atoms with Gasteiger partial charge in [0.15, 0.2) is 0 Å². The minimum atomic E-state index is -4.12. The van der Waals surface area contributed by atoms with E-state index < -0.39 is 32.9 Å². The highest BCUT2D eigenvalue weighted by atomic mass is 35.5. The number of carbonyl (C=O) groups excluding carboxylic acids is 1. The van der Waals surface area contributed by atoms with Crippen LogP contribution in [0, 0.1) is 5.82 Å². The maximum Gasteiger partial charge on any atom is 0.267 e. The van der Waals surface area contributed by atoms with Crippen LogP contribution in [-0.4, -0.2) is 37.3 Å². The van der Waals surface area contributed by atoms with Gasteiger partial charge in [-0.3, -0.25) is 10.0 Å². The normalized spacial score (nSPS) is 20.4. The molecule has 0 bridgehead atoms. The lowest BCUT2D eigenvalue weighted by Gasteiger charge is -2.27. The zero-order chi connectivity index (χ0) is 22.9. The van der Waals surface area contributed by atoms with E-state index >= 15 is 0 Å². The average molecular weight is 473 g/mol. The van der Waals surface area contributed by atoms with Gasteiger partial charge < -0.3 is 9.47 Å². The van der Waals surface area contributed by atoms with Crippen LogP contribution in [0.1, 0.15) is 25.8 Å². The Morgan fingerprint density at radius 3 is 2.48 bits per heavy atom. The van der Waals surface area contributed by atoms with Crippen molar-refractivity contribution in [3.63, 3.8) is 0 Å². The third-order valence-corrected chi connectivity index (χ3v) is 6.75. The van der Waals surface area contributed by atoms with E-state index in [9.17, 15) is 17.6 Å². The van der Waals surface area contributed by atoms with Gasteiger partial charge in [-0.05, 0) is 50.2 Å². The number of carbonyl (C=O) groups is 1. The van der Waals surface area contributed by atoms with Gasteiger partial charge in [-0.25, -0.2) is 18.3 Å². The van der Waals surface area contributed by atoms with Crippen molar-refractivity contribution in [1.82, 2.24) is 10.2 Å². The molecular formula is C20H22ClFN2O6S. The Morgan fingerprint density at radius 2 is 1.94 bits per heavy atom. The molecule has 1 atom stereocenters. The van der Waals surface area contributed by atoms with Crippen LogP contribution >= 0.6 is 11.6 Å². The standard InChI is InChI=1S/C20H22ClFN2O6S/c1-19(2)11-20(12-30-19,18(25)23-26)24-31(27,28)16-7-5-15(6-8-16)29-10-13-3-4-14(22)9-17(13)21/h3-9,24,26H,10-12H2,1-2H3,(H,23,25). The topological polar surface area (TPSA) is 114 Å². The van der Waals surface area contributed by atoms with E-state index in [4.69, 9.17) is 26.3 Å². The van der Waals surface area contributed by atoms with Crippen molar-refractivity contribution >= 4 is 27.5 Å². The van der Waals surface area contributed by atoms with Crippen molar-refractivity contribution in [2.45, 2.75) is 42.9 Å². The number of rotatable bonds is 7. The molecule has 31 heavy (non-hydrogen) atoms. The molecule has 0 radical (unpaired) electrons. The Balaban J connectivity index is 1.74. The van der Waals surface area contributed by atoms with Gasteiger partial charge in [0.05, 0.1) is 22.1 Å². The summed E-state index contributed by atoms with van der Waals surface area (Å²) in [4.78, 5) is 12.1. The molecule has 3 N–H and O–H groups in total. The molecule has 168 valence electrons. The first-order valence-electron chi connectivity index (χ1n) is 9.26. The number of hydrogen-bond donors (Lipinski definition) is 3. The van der Waals surface area contributed by atoms with Crippen LogP contribution in [0.4, 0.5) is 4.39 Å². The Bertz CT molecular complexity index is 1080. The van der Waals surface area contributed by atoms with Crippen LogP contribution in [0.15, 0.2) is 47.4 Å². The molecule has 0 aromatic heterocycles. The summed E-state index contributed by atoms with van der Waals surface area (Å²) in [5, 5.41) is 9.31. The molecule has 11 heteroatoms. The fourth-order valence-electron chi connectivity index (χ4n) is 3.34. The summed E-state index contributed by atoms with van der Waals surface area (Å²) in [6.07, 6.45) is 0.0330. The summed E-state index contributed by atoms with van der Waals surface area (Å²) in [5.41, 5.74) is -0.322. The second-order valence-electron chi connectivity index (χ2n) is 7.85. The lowest BCUT2D eigenvalue weighted by molar-refractivity contribution is -0.135. The van der Waals surface area contributed by atoms with Crippen LogP contribution in [-0.2, 0) is 26.2 Å². The summed E-state index contributed by atoms with van der Waals surface area (Å²) in [6.45, 7) is 3.27. The summed E-state index contributed by atoms with van der Waals surface area (Å²) >= 11 is 5.96. The Kier molecular flexibility index (Phi) is 6.59. The largest absolute Gasteiger partial charge is 0.489 e. The molecule has 1 saturated heterocycles. The van der Waals surface area contributed by atoms with Crippen molar-refractivity contribution in [2.75, 3.05) is 6.61 Å². The zero-order valence-corrected chi connectivity index (χ0v) is 18.4. The molecule has 8 nitrogen and oxygen atoms in total. The maximum absolute atomic E-state index is 13.1. The summed E-state index contributed by atoms with van der Waals surface area (Å²) in [6, 6.07) is 9.45. The van der Waals surface area contributed by atoms with Gasteiger partial charge in [0.25, 0.3) is 5.91 Å². The third-order valence-electron chi connectivity index (χ3n) is 4.85. The second kappa shape index (κ2) is 8.71. The van der Waals surface area contributed by atoms with Gasteiger partial charge in [0, 0.05) is 12.0 Å². The average Bonchev–Trinajstić information content (AvgIpc) is 3.02. The van der Waals surface area contributed by atoms with Crippen LogP contribution < -0.4 is 14.9 Å². The molecular weight excluding hydrogens is 451 g/mol. The number of amides is 1. The minimum Gasteiger partial charge on any atom is -0.489 e. The molecule has 2 aromatic rings. The second-order valence-corrected chi connectivity index (χ2v) is 9.94. The van der Waals surface area contributed by atoms with Gasteiger partial charge in [0.1, 0.15) is 23.7 Å².